The Kier molecular flexibility index (Phi) is 3.65. The van der Waals surface area contributed by atoms with Gasteiger partial charge in [0.1, 0.15) is 5.82 Å². The first-order valence-corrected chi connectivity index (χ1v) is 4.28. The monoisotopic (exact) mass is 179 g/mol. The van der Waals surface area contributed by atoms with Crippen molar-refractivity contribution in [2.24, 2.45) is 0 Å². The molecule has 0 amide bonds. The van der Waals surface area contributed by atoms with Crippen LogP contribution in [0.15, 0.2) is 36.4 Å². The van der Waals surface area contributed by atoms with E-state index in [1.807, 2.05) is 6.92 Å². The molecule has 0 unspecified atom stereocenters. The van der Waals surface area contributed by atoms with Crippen molar-refractivity contribution in [2.45, 2.75) is 13.5 Å². The number of halogens is 1. The summed E-state index contributed by atoms with van der Waals surface area (Å²) >= 11 is 0. The van der Waals surface area contributed by atoms with Crippen molar-refractivity contribution in [1.82, 2.24) is 5.32 Å². The Hall–Kier alpha value is -1.15. The third kappa shape index (κ3) is 3.85. The summed E-state index contributed by atoms with van der Waals surface area (Å²) in [6, 6.07) is 6.50. The maximum absolute atomic E-state index is 12.5. The lowest BCUT2D eigenvalue weighted by atomic mass is 10.2. The highest BCUT2D eigenvalue weighted by atomic mass is 19.1. The van der Waals surface area contributed by atoms with E-state index in [2.05, 4.69) is 11.9 Å². The van der Waals surface area contributed by atoms with E-state index >= 15 is 0 Å². The smallest absolute Gasteiger partial charge is 0.123 e. The van der Waals surface area contributed by atoms with E-state index in [-0.39, 0.29) is 5.82 Å². The van der Waals surface area contributed by atoms with Gasteiger partial charge in [-0.3, -0.25) is 0 Å². The van der Waals surface area contributed by atoms with Crippen LogP contribution in [-0.4, -0.2) is 6.54 Å². The molecule has 0 aliphatic carbocycles. The van der Waals surface area contributed by atoms with Crippen LogP contribution in [0.3, 0.4) is 0 Å². The number of hydrogen-bond acceptors (Lipinski definition) is 1. The quantitative estimate of drug-likeness (QED) is 0.700. The molecular weight excluding hydrogens is 165 g/mol. The van der Waals surface area contributed by atoms with Crippen molar-refractivity contribution in [3.05, 3.63) is 47.8 Å². The Bertz CT molecular complexity index is 277. The van der Waals surface area contributed by atoms with E-state index < -0.39 is 0 Å². The van der Waals surface area contributed by atoms with Crippen LogP contribution >= 0.6 is 0 Å². The van der Waals surface area contributed by atoms with Crippen LogP contribution in [0.2, 0.25) is 0 Å². The molecule has 0 aromatic heterocycles. The molecule has 1 aromatic rings. The third-order valence-electron chi connectivity index (χ3n) is 1.67. The van der Waals surface area contributed by atoms with Gasteiger partial charge in [-0.2, -0.15) is 0 Å². The summed E-state index contributed by atoms with van der Waals surface area (Å²) in [5.41, 5.74) is 2.18. The first-order valence-electron chi connectivity index (χ1n) is 4.28. The summed E-state index contributed by atoms with van der Waals surface area (Å²) in [5, 5.41) is 3.20. The van der Waals surface area contributed by atoms with Crippen LogP contribution in [-0.2, 0) is 6.54 Å². The normalized spacial score (nSPS) is 10.0. The van der Waals surface area contributed by atoms with Crippen LogP contribution in [0.5, 0.6) is 0 Å². The molecule has 2 heteroatoms. The van der Waals surface area contributed by atoms with Crippen LogP contribution in [0.4, 0.5) is 4.39 Å². The van der Waals surface area contributed by atoms with E-state index in [0.29, 0.717) is 0 Å². The minimum Gasteiger partial charge on any atom is -0.309 e. The summed E-state index contributed by atoms with van der Waals surface area (Å²) in [7, 11) is 0. The molecule has 0 fully saturated rings. The predicted molar refractivity (Wildman–Crippen MR) is 52.9 cm³/mol. The van der Waals surface area contributed by atoms with Gasteiger partial charge in [0, 0.05) is 13.1 Å². The van der Waals surface area contributed by atoms with E-state index in [4.69, 9.17) is 0 Å². The second-order valence-corrected chi connectivity index (χ2v) is 3.19. The van der Waals surface area contributed by atoms with Gasteiger partial charge in [0.05, 0.1) is 0 Å². The predicted octanol–water partition coefficient (Wildman–Crippen LogP) is 2.49. The molecule has 1 rings (SSSR count). The number of hydrogen-bond donors (Lipinski definition) is 1. The van der Waals surface area contributed by atoms with Gasteiger partial charge in [-0.1, -0.05) is 24.3 Å². The second-order valence-electron chi connectivity index (χ2n) is 3.19. The van der Waals surface area contributed by atoms with Gasteiger partial charge in [0.15, 0.2) is 0 Å². The molecule has 0 saturated carbocycles. The first-order chi connectivity index (χ1) is 6.18. The summed E-state index contributed by atoms with van der Waals surface area (Å²) in [5.74, 6) is -0.191. The third-order valence-corrected chi connectivity index (χ3v) is 1.67. The van der Waals surface area contributed by atoms with Gasteiger partial charge in [-0.15, -0.1) is 0 Å². The largest absolute Gasteiger partial charge is 0.309 e. The zero-order valence-electron chi connectivity index (χ0n) is 7.81. The second kappa shape index (κ2) is 4.77. The SMILES string of the molecule is C=C(C)CNCc1ccc(F)cc1. The van der Waals surface area contributed by atoms with Crippen LogP contribution in [0, 0.1) is 5.82 Å². The molecule has 0 radical (unpaired) electrons. The molecule has 0 aliphatic heterocycles. The highest BCUT2D eigenvalue weighted by Crippen LogP contribution is 2.01. The minimum atomic E-state index is -0.191. The zero-order chi connectivity index (χ0) is 9.68. The van der Waals surface area contributed by atoms with Crippen LogP contribution < -0.4 is 5.32 Å². The molecule has 1 aromatic carbocycles. The van der Waals surface area contributed by atoms with Gasteiger partial charge in [0.2, 0.25) is 0 Å². The van der Waals surface area contributed by atoms with Crippen LogP contribution in [0.25, 0.3) is 0 Å². The Morgan fingerprint density at radius 2 is 2.00 bits per heavy atom. The maximum atomic E-state index is 12.5. The molecular formula is C11H14FN. The standard InChI is InChI=1S/C11H14FN/c1-9(2)7-13-8-10-3-5-11(12)6-4-10/h3-6,13H,1,7-8H2,2H3. The van der Waals surface area contributed by atoms with Crippen LogP contribution in [0.1, 0.15) is 12.5 Å². The molecule has 13 heavy (non-hydrogen) atoms. The lowest BCUT2D eigenvalue weighted by Crippen LogP contribution is -2.14. The minimum absolute atomic E-state index is 0.191. The first kappa shape index (κ1) is 9.93. The molecule has 0 atom stereocenters. The van der Waals surface area contributed by atoms with Crippen molar-refractivity contribution in [1.29, 1.82) is 0 Å². The number of nitrogens with one attached hydrogen (secondary N) is 1. The molecule has 0 heterocycles. The fraction of sp³-hybridized carbons (Fsp3) is 0.273. The van der Waals surface area contributed by atoms with Crippen molar-refractivity contribution in [3.63, 3.8) is 0 Å². The molecule has 0 aliphatic rings. The topological polar surface area (TPSA) is 12.0 Å². The summed E-state index contributed by atoms with van der Waals surface area (Å²) in [4.78, 5) is 0. The Morgan fingerprint density at radius 1 is 1.38 bits per heavy atom. The van der Waals surface area contributed by atoms with Gasteiger partial charge in [-0.25, -0.2) is 4.39 Å². The van der Waals surface area contributed by atoms with Crippen molar-refractivity contribution >= 4 is 0 Å². The van der Waals surface area contributed by atoms with E-state index in [1.165, 1.54) is 12.1 Å². The van der Waals surface area contributed by atoms with Gasteiger partial charge < -0.3 is 5.32 Å². The molecule has 1 nitrogen and oxygen atoms in total. The lowest BCUT2D eigenvalue weighted by molar-refractivity contribution is 0.626. The zero-order valence-corrected chi connectivity index (χ0v) is 7.81. The van der Waals surface area contributed by atoms with E-state index in [1.54, 1.807) is 12.1 Å². The van der Waals surface area contributed by atoms with Crippen molar-refractivity contribution in [2.75, 3.05) is 6.54 Å². The van der Waals surface area contributed by atoms with Gasteiger partial charge in [0.25, 0.3) is 0 Å². The van der Waals surface area contributed by atoms with E-state index in [9.17, 15) is 4.39 Å². The summed E-state index contributed by atoms with van der Waals surface area (Å²) < 4.78 is 12.5. The van der Waals surface area contributed by atoms with Crippen molar-refractivity contribution < 1.29 is 4.39 Å². The Labute approximate surface area is 78.3 Å². The fourth-order valence-corrected chi connectivity index (χ4v) is 1.02. The van der Waals surface area contributed by atoms with Gasteiger partial charge in [-0.05, 0) is 24.6 Å². The fourth-order valence-electron chi connectivity index (χ4n) is 1.02. The Morgan fingerprint density at radius 3 is 2.54 bits per heavy atom. The molecule has 0 bridgehead atoms. The molecule has 0 spiro atoms. The maximum Gasteiger partial charge on any atom is 0.123 e. The highest BCUT2D eigenvalue weighted by Gasteiger charge is 1.92. The van der Waals surface area contributed by atoms with E-state index in [0.717, 1.165) is 24.2 Å². The lowest BCUT2D eigenvalue weighted by Gasteiger charge is -2.03. The van der Waals surface area contributed by atoms with Gasteiger partial charge >= 0.3 is 0 Å². The summed E-state index contributed by atoms with van der Waals surface area (Å²) in [6.07, 6.45) is 0. The van der Waals surface area contributed by atoms with Crippen molar-refractivity contribution in [3.8, 4) is 0 Å². The molecule has 70 valence electrons. The number of rotatable bonds is 4. The average molecular weight is 179 g/mol. The summed E-state index contributed by atoms with van der Waals surface area (Å²) in [6.45, 7) is 7.31. The average Bonchev–Trinajstić information content (AvgIpc) is 2.08. The molecule has 1 N–H and O–H groups in total. The molecule has 0 saturated heterocycles. The Balaban J connectivity index is 2.37. The number of benzene rings is 1. The highest BCUT2D eigenvalue weighted by molar-refractivity contribution is 5.15.